The maximum Gasteiger partial charge on any atom is 0.407 e. The molecule has 1 aromatic rings. The predicted octanol–water partition coefficient (Wildman–Crippen LogP) is 2.17. The van der Waals surface area contributed by atoms with Crippen LogP contribution < -0.4 is 5.32 Å². The van der Waals surface area contributed by atoms with E-state index in [-0.39, 0.29) is 5.41 Å². The summed E-state index contributed by atoms with van der Waals surface area (Å²) in [6.07, 6.45) is 2.46. The Morgan fingerprint density at radius 1 is 1.50 bits per heavy atom. The second-order valence-corrected chi connectivity index (χ2v) is 5.39. The summed E-state index contributed by atoms with van der Waals surface area (Å²) >= 11 is 5.93. The highest BCUT2D eigenvalue weighted by Gasteiger charge is 2.43. The minimum Gasteiger partial charge on any atom is -0.465 e. The molecule has 0 atom stereocenters. The van der Waals surface area contributed by atoms with Crippen molar-refractivity contribution in [1.82, 2.24) is 9.88 Å². The molecule has 3 rings (SSSR count). The number of nitrogens with one attached hydrogen (secondary N) is 1. The van der Waals surface area contributed by atoms with E-state index in [2.05, 4.69) is 10.3 Å². The third-order valence-electron chi connectivity index (χ3n) is 3.96. The first-order valence-electron chi connectivity index (χ1n) is 5.98. The van der Waals surface area contributed by atoms with Gasteiger partial charge in [0.25, 0.3) is 0 Å². The zero-order valence-electron chi connectivity index (χ0n) is 9.82. The summed E-state index contributed by atoms with van der Waals surface area (Å²) in [5, 5.41) is 12.9. The standard InChI is InChI=1S/C12H14ClN3O2/c13-8-5-9-10(14-6-8)12(7-15-9)1-3-16(4-2-12)11(17)18/h5-6,15H,1-4,7H2,(H,17,18). The molecule has 2 aliphatic heterocycles. The van der Waals surface area contributed by atoms with Gasteiger partial charge in [-0.05, 0) is 18.9 Å². The van der Waals surface area contributed by atoms with E-state index in [1.165, 1.54) is 4.90 Å². The molecule has 1 saturated heterocycles. The number of amides is 1. The predicted molar refractivity (Wildman–Crippen MR) is 68.2 cm³/mol. The summed E-state index contributed by atoms with van der Waals surface area (Å²) in [5.74, 6) is 0. The molecule has 0 aromatic carbocycles. The average molecular weight is 268 g/mol. The van der Waals surface area contributed by atoms with Crippen molar-refractivity contribution in [3.8, 4) is 0 Å². The number of rotatable bonds is 0. The lowest BCUT2D eigenvalue weighted by molar-refractivity contribution is 0.119. The van der Waals surface area contributed by atoms with Crippen LogP contribution in [-0.2, 0) is 5.41 Å². The molecule has 0 bridgehead atoms. The molecule has 18 heavy (non-hydrogen) atoms. The molecule has 1 fully saturated rings. The van der Waals surface area contributed by atoms with Crippen molar-refractivity contribution in [2.45, 2.75) is 18.3 Å². The van der Waals surface area contributed by atoms with Gasteiger partial charge < -0.3 is 15.3 Å². The van der Waals surface area contributed by atoms with Crippen LogP contribution in [0, 0.1) is 0 Å². The summed E-state index contributed by atoms with van der Waals surface area (Å²) in [7, 11) is 0. The molecule has 2 aliphatic rings. The van der Waals surface area contributed by atoms with Gasteiger partial charge in [0.05, 0.1) is 16.4 Å². The molecule has 96 valence electrons. The SMILES string of the molecule is O=C(O)N1CCC2(CC1)CNc1cc(Cl)cnc12. The van der Waals surface area contributed by atoms with Gasteiger partial charge in [-0.15, -0.1) is 0 Å². The van der Waals surface area contributed by atoms with E-state index in [9.17, 15) is 4.79 Å². The third-order valence-corrected chi connectivity index (χ3v) is 4.17. The lowest BCUT2D eigenvalue weighted by atomic mass is 9.77. The van der Waals surface area contributed by atoms with E-state index in [1.54, 1.807) is 6.20 Å². The van der Waals surface area contributed by atoms with E-state index in [1.807, 2.05) is 6.07 Å². The summed E-state index contributed by atoms with van der Waals surface area (Å²) in [5.41, 5.74) is 2.01. The number of fused-ring (bicyclic) bond motifs is 2. The van der Waals surface area contributed by atoms with E-state index in [0.717, 1.165) is 30.8 Å². The fourth-order valence-electron chi connectivity index (χ4n) is 2.88. The van der Waals surface area contributed by atoms with Crippen LogP contribution in [0.4, 0.5) is 10.5 Å². The van der Waals surface area contributed by atoms with Crippen LogP contribution in [0.3, 0.4) is 0 Å². The molecule has 5 nitrogen and oxygen atoms in total. The van der Waals surface area contributed by atoms with E-state index in [0.29, 0.717) is 18.1 Å². The monoisotopic (exact) mass is 267 g/mol. The molecule has 6 heteroatoms. The Balaban J connectivity index is 1.86. The number of pyridine rings is 1. The van der Waals surface area contributed by atoms with Gasteiger partial charge in [-0.25, -0.2) is 4.79 Å². The van der Waals surface area contributed by atoms with Crippen LogP contribution in [0.1, 0.15) is 18.5 Å². The summed E-state index contributed by atoms with van der Waals surface area (Å²) in [4.78, 5) is 16.8. The number of likely N-dealkylation sites (tertiary alicyclic amines) is 1. The van der Waals surface area contributed by atoms with Crippen molar-refractivity contribution in [2.75, 3.05) is 25.0 Å². The van der Waals surface area contributed by atoms with Gasteiger partial charge >= 0.3 is 6.09 Å². The fraction of sp³-hybridized carbons (Fsp3) is 0.500. The average Bonchev–Trinajstić information content (AvgIpc) is 2.68. The highest BCUT2D eigenvalue weighted by Crippen LogP contribution is 2.43. The first-order chi connectivity index (χ1) is 8.61. The zero-order chi connectivity index (χ0) is 12.8. The van der Waals surface area contributed by atoms with Gasteiger partial charge in [0, 0.05) is 31.2 Å². The van der Waals surface area contributed by atoms with Crippen LogP contribution in [0.25, 0.3) is 0 Å². The van der Waals surface area contributed by atoms with Crippen LogP contribution in [0.2, 0.25) is 5.02 Å². The van der Waals surface area contributed by atoms with Crippen LogP contribution in [0.5, 0.6) is 0 Å². The first kappa shape index (κ1) is 11.6. The Morgan fingerprint density at radius 2 is 2.22 bits per heavy atom. The van der Waals surface area contributed by atoms with Gasteiger partial charge in [-0.3, -0.25) is 4.98 Å². The Morgan fingerprint density at radius 3 is 2.89 bits per heavy atom. The summed E-state index contributed by atoms with van der Waals surface area (Å²) < 4.78 is 0. The van der Waals surface area contributed by atoms with Gasteiger partial charge in [0.2, 0.25) is 0 Å². The smallest absolute Gasteiger partial charge is 0.407 e. The van der Waals surface area contributed by atoms with E-state index >= 15 is 0 Å². The molecule has 3 heterocycles. The minimum atomic E-state index is -0.833. The molecular formula is C12H14ClN3O2. The van der Waals surface area contributed by atoms with Crippen molar-refractivity contribution in [3.05, 3.63) is 23.0 Å². The van der Waals surface area contributed by atoms with Crippen molar-refractivity contribution in [2.24, 2.45) is 0 Å². The first-order valence-corrected chi connectivity index (χ1v) is 6.36. The highest BCUT2D eigenvalue weighted by atomic mass is 35.5. The summed E-state index contributed by atoms with van der Waals surface area (Å²) in [6.45, 7) is 1.96. The molecule has 1 spiro atoms. The second-order valence-electron chi connectivity index (χ2n) is 4.95. The number of hydrogen-bond donors (Lipinski definition) is 2. The quantitative estimate of drug-likeness (QED) is 0.756. The van der Waals surface area contributed by atoms with Gasteiger partial charge in [-0.2, -0.15) is 0 Å². The van der Waals surface area contributed by atoms with Gasteiger partial charge in [-0.1, -0.05) is 11.6 Å². The highest BCUT2D eigenvalue weighted by molar-refractivity contribution is 6.30. The molecule has 0 aliphatic carbocycles. The number of nitrogens with zero attached hydrogens (tertiary/aromatic N) is 2. The number of carboxylic acid groups (broad SMARTS) is 1. The van der Waals surface area contributed by atoms with Gasteiger partial charge in [0.15, 0.2) is 0 Å². The number of carbonyl (C=O) groups is 1. The topological polar surface area (TPSA) is 65.5 Å². The van der Waals surface area contributed by atoms with Crippen LogP contribution in [-0.4, -0.2) is 40.7 Å². The van der Waals surface area contributed by atoms with Crippen molar-refractivity contribution >= 4 is 23.4 Å². The molecule has 1 aromatic heterocycles. The zero-order valence-corrected chi connectivity index (χ0v) is 10.6. The molecular weight excluding hydrogens is 254 g/mol. The summed E-state index contributed by atoms with van der Waals surface area (Å²) in [6, 6.07) is 1.89. The minimum absolute atomic E-state index is 0.0220. The third kappa shape index (κ3) is 1.70. The number of aromatic nitrogens is 1. The molecule has 0 radical (unpaired) electrons. The largest absolute Gasteiger partial charge is 0.465 e. The van der Waals surface area contributed by atoms with Gasteiger partial charge in [0.1, 0.15) is 0 Å². The van der Waals surface area contributed by atoms with Crippen molar-refractivity contribution in [3.63, 3.8) is 0 Å². The Labute approximate surface area is 110 Å². The second kappa shape index (κ2) is 4.02. The lowest BCUT2D eigenvalue weighted by Gasteiger charge is -2.37. The molecule has 0 saturated carbocycles. The number of anilines is 1. The Hall–Kier alpha value is -1.49. The number of halogens is 1. The van der Waals surface area contributed by atoms with Crippen LogP contribution in [0.15, 0.2) is 12.3 Å². The molecule has 0 unspecified atom stereocenters. The molecule has 2 N–H and O–H groups in total. The maximum atomic E-state index is 10.9. The van der Waals surface area contributed by atoms with Crippen LogP contribution >= 0.6 is 11.6 Å². The Bertz CT molecular complexity index is 498. The van der Waals surface area contributed by atoms with Crippen molar-refractivity contribution in [1.29, 1.82) is 0 Å². The van der Waals surface area contributed by atoms with Crippen molar-refractivity contribution < 1.29 is 9.90 Å². The Kier molecular flexibility index (Phi) is 2.59. The van der Waals surface area contributed by atoms with E-state index < -0.39 is 6.09 Å². The normalized spacial score (nSPS) is 20.6. The maximum absolute atomic E-state index is 10.9. The van der Waals surface area contributed by atoms with E-state index in [4.69, 9.17) is 16.7 Å². The number of piperidine rings is 1. The molecule has 1 amide bonds. The number of hydrogen-bond acceptors (Lipinski definition) is 3. The fourth-order valence-corrected chi connectivity index (χ4v) is 3.04. The lowest BCUT2D eigenvalue weighted by Crippen LogP contribution is -2.45.